The van der Waals surface area contributed by atoms with Crippen LogP contribution in [-0.2, 0) is 24.3 Å². The standard InChI is InChI=1S/C24H25N5O3S/c1-3-28-15-20-22(27-28)23(31)29(14-13-17-7-5-4-6-8-17)24(26-20)33-16-21(30)25-18-9-11-19(32-2)12-10-18/h4-12,15H,3,13-14,16H2,1-2H3,(H,25,30). The molecule has 0 spiro atoms. The molecule has 0 saturated heterocycles. The van der Waals surface area contributed by atoms with E-state index in [2.05, 4.69) is 15.4 Å². The van der Waals surface area contributed by atoms with Crippen LogP contribution in [0.15, 0.2) is 70.7 Å². The number of nitrogens with one attached hydrogen (secondary N) is 1. The number of fused-ring (bicyclic) bond motifs is 1. The van der Waals surface area contributed by atoms with E-state index in [1.165, 1.54) is 11.8 Å². The predicted octanol–water partition coefficient (Wildman–Crippen LogP) is 3.60. The van der Waals surface area contributed by atoms with Gasteiger partial charge in [-0.25, -0.2) is 4.98 Å². The molecule has 0 atom stereocenters. The molecule has 0 aliphatic heterocycles. The van der Waals surface area contributed by atoms with Crippen molar-refractivity contribution < 1.29 is 9.53 Å². The number of methoxy groups -OCH3 is 1. The maximum absolute atomic E-state index is 13.2. The van der Waals surface area contributed by atoms with E-state index in [1.54, 1.807) is 46.8 Å². The number of nitrogens with zero attached hydrogens (tertiary/aromatic N) is 4. The van der Waals surface area contributed by atoms with Crippen LogP contribution in [0.25, 0.3) is 11.0 Å². The molecule has 33 heavy (non-hydrogen) atoms. The van der Waals surface area contributed by atoms with Gasteiger partial charge in [0, 0.05) is 18.8 Å². The van der Waals surface area contributed by atoms with Crippen LogP contribution < -0.4 is 15.6 Å². The number of aromatic nitrogens is 4. The van der Waals surface area contributed by atoms with Crippen LogP contribution in [0.5, 0.6) is 5.75 Å². The number of hydrogen-bond donors (Lipinski definition) is 1. The zero-order valence-corrected chi connectivity index (χ0v) is 19.3. The number of hydrogen-bond acceptors (Lipinski definition) is 6. The minimum Gasteiger partial charge on any atom is -0.497 e. The van der Waals surface area contributed by atoms with E-state index in [9.17, 15) is 9.59 Å². The summed E-state index contributed by atoms with van der Waals surface area (Å²) in [6, 6.07) is 17.1. The zero-order chi connectivity index (χ0) is 23.2. The number of thioether (sulfide) groups is 1. The summed E-state index contributed by atoms with van der Waals surface area (Å²) in [5.74, 6) is 0.658. The monoisotopic (exact) mass is 463 g/mol. The average Bonchev–Trinajstić information content (AvgIpc) is 3.27. The molecule has 2 heterocycles. The first-order valence-corrected chi connectivity index (χ1v) is 11.6. The molecule has 170 valence electrons. The van der Waals surface area contributed by atoms with E-state index in [1.807, 2.05) is 37.3 Å². The topological polar surface area (TPSA) is 91.0 Å². The number of amides is 1. The van der Waals surface area contributed by atoms with Crippen molar-refractivity contribution in [1.29, 1.82) is 0 Å². The molecule has 0 saturated carbocycles. The van der Waals surface area contributed by atoms with Crippen molar-refractivity contribution in [2.45, 2.75) is 31.6 Å². The molecule has 2 aromatic heterocycles. The second-order valence-electron chi connectivity index (χ2n) is 7.37. The number of ether oxygens (including phenoxy) is 1. The molecule has 1 N–H and O–H groups in total. The number of aryl methyl sites for hydroxylation is 2. The highest BCUT2D eigenvalue weighted by atomic mass is 32.2. The van der Waals surface area contributed by atoms with Gasteiger partial charge in [-0.1, -0.05) is 42.1 Å². The number of carbonyl (C=O) groups is 1. The lowest BCUT2D eigenvalue weighted by atomic mass is 10.1. The van der Waals surface area contributed by atoms with Gasteiger partial charge in [0.15, 0.2) is 10.7 Å². The second kappa shape index (κ2) is 10.4. The molecule has 0 fully saturated rings. The number of carbonyl (C=O) groups excluding carboxylic acids is 1. The fourth-order valence-corrected chi connectivity index (χ4v) is 4.20. The largest absolute Gasteiger partial charge is 0.497 e. The third-order valence-electron chi connectivity index (χ3n) is 5.13. The van der Waals surface area contributed by atoms with Gasteiger partial charge in [0.05, 0.1) is 19.1 Å². The number of rotatable bonds is 9. The van der Waals surface area contributed by atoms with E-state index in [4.69, 9.17) is 4.74 Å². The Labute approximate surface area is 195 Å². The highest BCUT2D eigenvalue weighted by molar-refractivity contribution is 7.99. The first-order chi connectivity index (χ1) is 16.1. The first kappa shape index (κ1) is 22.6. The van der Waals surface area contributed by atoms with Crippen molar-refractivity contribution in [3.8, 4) is 5.75 Å². The Bertz CT molecular complexity index is 1300. The Morgan fingerprint density at radius 3 is 2.58 bits per heavy atom. The molecule has 4 rings (SSSR count). The molecule has 4 aromatic rings. The minimum absolute atomic E-state index is 0.122. The summed E-state index contributed by atoms with van der Waals surface area (Å²) in [5.41, 5.74) is 2.49. The number of anilines is 1. The first-order valence-electron chi connectivity index (χ1n) is 10.7. The normalized spacial score (nSPS) is 11.0. The summed E-state index contributed by atoms with van der Waals surface area (Å²) < 4.78 is 8.46. The van der Waals surface area contributed by atoms with Gasteiger partial charge >= 0.3 is 0 Å². The van der Waals surface area contributed by atoms with Gasteiger partial charge in [-0.2, -0.15) is 5.10 Å². The van der Waals surface area contributed by atoms with Crippen molar-refractivity contribution in [1.82, 2.24) is 19.3 Å². The lowest BCUT2D eigenvalue weighted by Gasteiger charge is -2.12. The van der Waals surface area contributed by atoms with Crippen molar-refractivity contribution in [3.05, 3.63) is 76.7 Å². The van der Waals surface area contributed by atoms with Gasteiger partial charge in [-0.3, -0.25) is 18.8 Å². The lowest BCUT2D eigenvalue weighted by molar-refractivity contribution is -0.113. The molecular weight excluding hydrogens is 438 g/mol. The Kier molecular flexibility index (Phi) is 7.09. The molecule has 0 radical (unpaired) electrons. The highest BCUT2D eigenvalue weighted by Gasteiger charge is 2.16. The third-order valence-corrected chi connectivity index (χ3v) is 6.11. The Hall–Kier alpha value is -3.59. The highest BCUT2D eigenvalue weighted by Crippen LogP contribution is 2.20. The summed E-state index contributed by atoms with van der Waals surface area (Å²) >= 11 is 1.24. The van der Waals surface area contributed by atoms with Crippen molar-refractivity contribution in [2.24, 2.45) is 0 Å². The summed E-state index contributed by atoms with van der Waals surface area (Å²) in [5, 5.41) is 7.74. The van der Waals surface area contributed by atoms with E-state index in [-0.39, 0.29) is 17.2 Å². The Morgan fingerprint density at radius 2 is 1.88 bits per heavy atom. The Morgan fingerprint density at radius 1 is 1.12 bits per heavy atom. The van der Waals surface area contributed by atoms with Crippen LogP contribution in [-0.4, -0.2) is 38.1 Å². The number of benzene rings is 2. The van der Waals surface area contributed by atoms with Gasteiger partial charge < -0.3 is 10.1 Å². The maximum atomic E-state index is 13.2. The fraction of sp³-hybridized carbons (Fsp3) is 0.250. The van der Waals surface area contributed by atoms with E-state index >= 15 is 0 Å². The maximum Gasteiger partial charge on any atom is 0.282 e. The second-order valence-corrected chi connectivity index (χ2v) is 8.31. The van der Waals surface area contributed by atoms with Crippen LogP contribution >= 0.6 is 11.8 Å². The molecular formula is C24H25N5O3S. The molecule has 0 unspecified atom stereocenters. The molecule has 2 aromatic carbocycles. The van der Waals surface area contributed by atoms with E-state index in [0.717, 1.165) is 11.3 Å². The van der Waals surface area contributed by atoms with Crippen molar-refractivity contribution in [3.63, 3.8) is 0 Å². The van der Waals surface area contributed by atoms with Crippen LogP contribution in [0.1, 0.15) is 12.5 Å². The molecule has 1 amide bonds. The van der Waals surface area contributed by atoms with E-state index in [0.29, 0.717) is 41.4 Å². The van der Waals surface area contributed by atoms with Crippen molar-refractivity contribution in [2.75, 3.05) is 18.2 Å². The summed E-state index contributed by atoms with van der Waals surface area (Å²) in [7, 11) is 1.59. The Balaban J connectivity index is 1.54. The SMILES string of the molecule is CCn1cc2nc(SCC(=O)Nc3ccc(OC)cc3)n(CCc3ccccc3)c(=O)c2n1. The summed E-state index contributed by atoms with van der Waals surface area (Å²) in [4.78, 5) is 30.4. The van der Waals surface area contributed by atoms with Crippen LogP contribution in [0.4, 0.5) is 5.69 Å². The van der Waals surface area contributed by atoms with Gasteiger partial charge in [-0.15, -0.1) is 0 Å². The zero-order valence-electron chi connectivity index (χ0n) is 18.5. The van der Waals surface area contributed by atoms with Gasteiger partial charge in [-0.05, 0) is 43.2 Å². The summed E-state index contributed by atoms with van der Waals surface area (Å²) in [6.07, 6.45) is 2.44. The van der Waals surface area contributed by atoms with Crippen LogP contribution in [0.2, 0.25) is 0 Å². The van der Waals surface area contributed by atoms with Crippen LogP contribution in [0, 0.1) is 0 Å². The van der Waals surface area contributed by atoms with Gasteiger partial charge in [0.25, 0.3) is 5.56 Å². The third kappa shape index (κ3) is 5.43. The average molecular weight is 464 g/mol. The van der Waals surface area contributed by atoms with Crippen molar-refractivity contribution >= 4 is 34.4 Å². The van der Waals surface area contributed by atoms with Gasteiger partial charge in [0.1, 0.15) is 11.3 Å². The van der Waals surface area contributed by atoms with Gasteiger partial charge in [0.2, 0.25) is 5.91 Å². The van der Waals surface area contributed by atoms with E-state index < -0.39 is 0 Å². The molecule has 0 bridgehead atoms. The quantitative estimate of drug-likeness (QED) is 0.301. The molecule has 8 nitrogen and oxygen atoms in total. The molecule has 9 heteroatoms. The lowest BCUT2D eigenvalue weighted by Crippen LogP contribution is -2.25. The molecule has 0 aliphatic rings. The fourth-order valence-electron chi connectivity index (χ4n) is 3.38. The summed E-state index contributed by atoms with van der Waals surface area (Å²) in [6.45, 7) is 3.05. The minimum atomic E-state index is -0.193. The molecule has 0 aliphatic carbocycles. The smallest absolute Gasteiger partial charge is 0.282 e. The predicted molar refractivity (Wildman–Crippen MR) is 130 cm³/mol. The van der Waals surface area contributed by atoms with Crippen LogP contribution in [0.3, 0.4) is 0 Å².